The minimum Gasteiger partial charge on any atom is -0.392 e. The molecule has 0 aliphatic carbocycles. The molecular weight excluding hydrogens is 232 g/mol. The van der Waals surface area contributed by atoms with Gasteiger partial charge in [-0.05, 0) is 37.8 Å². The molecule has 2 atom stereocenters. The highest BCUT2D eigenvalue weighted by Gasteiger charge is 2.10. The maximum Gasteiger partial charge on any atom is 0.0291 e. The van der Waals surface area contributed by atoms with Gasteiger partial charge in [0.1, 0.15) is 0 Å². The molecule has 0 fully saturated rings. The standard InChI is InChI=1S/C17H30N2/c1-7-10-17(9-3)15(5)19-13-16(8-2)12-11-14(4)18-6/h7,9-10,15-16,18-19H,1,3-4,8,11-13H2,2,5-6H3/b17-10+. The van der Waals surface area contributed by atoms with Crippen molar-refractivity contribution in [2.24, 2.45) is 5.92 Å². The van der Waals surface area contributed by atoms with Crippen LogP contribution >= 0.6 is 0 Å². The van der Waals surface area contributed by atoms with E-state index in [1.165, 1.54) is 18.4 Å². The molecule has 108 valence electrons. The Labute approximate surface area is 119 Å². The van der Waals surface area contributed by atoms with E-state index >= 15 is 0 Å². The van der Waals surface area contributed by atoms with Crippen LogP contribution in [0.1, 0.15) is 33.1 Å². The van der Waals surface area contributed by atoms with Gasteiger partial charge in [-0.25, -0.2) is 0 Å². The lowest BCUT2D eigenvalue weighted by Crippen LogP contribution is -2.32. The molecule has 0 aromatic rings. The van der Waals surface area contributed by atoms with Gasteiger partial charge in [-0.15, -0.1) is 0 Å². The molecule has 0 heterocycles. The third-order valence-corrected chi connectivity index (χ3v) is 3.54. The van der Waals surface area contributed by atoms with E-state index in [1.54, 1.807) is 0 Å². The van der Waals surface area contributed by atoms with Crippen molar-refractivity contribution in [2.75, 3.05) is 13.6 Å². The van der Waals surface area contributed by atoms with Crippen molar-refractivity contribution in [1.29, 1.82) is 0 Å². The summed E-state index contributed by atoms with van der Waals surface area (Å²) in [6, 6.07) is 0.317. The first-order valence-corrected chi connectivity index (χ1v) is 7.12. The Morgan fingerprint density at radius 2 is 2.00 bits per heavy atom. The first kappa shape index (κ1) is 17.7. The van der Waals surface area contributed by atoms with Gasteiger partial charge in [0.05, 0.1) is 0 Å². The Bertz CT molecular complexity index is 315. The average molecular weight is 262 g/mol. The summed E-state index contributed by atoms with van der Waals surface area (Å²) in [5.41, 5.74) is 2.30. The van der Waals surface area contributed by atoms with Crippen LogP contribution < -0.4 is 10.6 Å². The largest absolute Gasteiger partial charge is 0.392 e. The number of rotatable bonds is 11. The zero-order valence-electron chi connectivity index (χ0n) is 12.8. The highest BCUT2D eigenvalue weighted by Crippen LogP contribution is 2.13. The van der Waals surface area contributed by atoms with Crippen molar-refractivity contribution in [1.82, 2.24) is 10.6 Å². The van der Waals surface area contributed by atoms with Crippen molar-refractivity contribution < 1.29 is 0 Å². The molecule has 2 unspecified atom stereocenters. The van der Waals surface area contributed by atoms with Gasteiger partial charge in [-0.1, -0.05) is 51.3 Å². The van der Waals surface area contributed by atoms with Crippen LogP contribution in [0.2, 0.25) is 0 Å². The zero-order chi connectivity index (χ0) is 14.7. The summed E-state index contributed by atoms with van der Waals surface area (Å²) in [5.74, 6) is 0.683. The third-order valence-electron chi connectivity index (χ3n) is 3.54. The Morgan fingerprint density at radius 1 is 1.32 bits per heavy atom. The average Bonchev–Trinajstić information content (AvgIpc) is 2.44. The molecule has 2 nitrogen and oxygen atoms in total. The van der Waals surface area contributed by atoms with Gasteiger partial charge in [0.25, 0.3) is 0 Å². The number of hydrogen-bond donors (Lipinski definition) is 2. The molecule has 19 heavy (non-hydrogen) atoms. The summed E-state index contributed by atoms with van der Waals surface area (Å²) < 4.78 is 0. The van der Waals surface area contributed by atoms with Crippen LogP contribution in [0, 0.1) is 5.92 Å². The molecule has 0 amide bonds. The second kappa shape index (κ2) is 10.6. The van der Waals surface area contributed by atoms with E-state index in [0.717, 1.165) is 18.7 Å². The number of hydrogen-bond acceptors (Lipinski definition) is 2. The maximum absolute atomic E-state index is 3.98. The van der Waals surface area contributed by atoms with Crippen LogP contribution in [0.4, 0.5) is 0 Å². The molecular formula is C17H30N2. The molecule has 2 N–H and O–H groups in total. The Kier molecular flexibility index (Phi) is 9.91. The molecule has 2 heteroatoms. The van der Waals surface area contributed by atoms with Crippen LogP contribution in [0.25, 0.3) is 0 Å². The lowest BCUT2D eigenvalue weighted by molar-refractivity contribution is 0.418. The van der Waals surface area contributed by atoms with E-state index in [9.17, 15) is 0 Å². The number of nitrogens with one attached hydrogen (secondary N) is 2. The van der Waals surface area contributed by atoms with Gasteiger partial charge in [0.15, 0.2) is 0 Å². The van der Waals surface area contributed by atoms with E-state index in [-0.39, 0.29) is 0 Å². The fraction of sp³-hybridized carbons (Fsp3) is 0.529. The van der Waals surface area contributed by atoms with Crippen LogP contribution in [0.15, 0.2) is 49.2 Å². The van der Waals surface area contributed by atoms with Gasteiger partial charge in [0.2, 0.25) is 0 Å². The summed E-state index contributed by atoms with van der Waals surface area (Å²) in [6.45, 7) is 17.0. The van der Waals surface area contributed by atoms with Gasteiger partial charge >= 0.3 is 0 Å². The van der Waals surface area contributed by atoms with Crippen LogP contribution in [0.3, 0.4) is 0 Å². The molecule has 0 saturated heterocycles. The lowest BCUT2D eigenvalue weighted by Gasteiger charge is -2.21. The smallest absolute Gasteiger partial charge is 0.0291 e. The fourth-order valence-electron chi connectivity index (χ4n) is 1.94. The first-order valence-electron chi connectivity index (χ1n) is 7.12. The summed E-state index contributed by atoms with van der Waals surface area (Å²) in [5, 5.41) is 6.68. The minimum atomic E-state index is 0.317. The van der Waals surface area contributed by atoms with Crippen molar-refractivity contribution in [2.45, 2.75) is 39.2 Å². The summed E-state index contributed by atoms with van der Waals surface area (Å²) in [6.07, 6.45) is 9.11. The summed E-state index contributed by atoms with van der Waals surface area (Å²) in [4.78, 5) is 0. The lowest BCUT2D eigenvalue weighted by atomic mass is 9.98. The molecule has 0 aliphatic rings. The van der Waals surface area contributed by atoms with Gasteiger partial charge in [-0.3, -0.25) is 0 Å². The predicted molar refractivity (Wildman–Crippen MR) is 87.2 cm³/mol. The summed E-state index contributed by atoms with van der Waals surface area (Å²) in [7, 11) is 1.93. The monoisotopic (exact) mass is 262 g/mol. The maximum atomic E-state index is 3.98. The van der Waals surface area contributed by atoms with E-state index in [1.807, 2.05) is 25.3 Å². The highest BCUT2D eigenvalue weighted by molar-refractivity contribution is 5.25. The third kappa shape index (κ3) is 7.68. The molecule has 0 aliphatic heterocycles. The molecule has 0 radical (unpaired) electrons. The zero-order valence-corrected chi connectivity index (χ0v) is 12.8. The Morgan fingerprint density at radius 3 is 2.47 bits per heavy atom. The second-order valence-electron chi connectivity index (χ2n) is 4.90. The normalized spacial score (nSPS) is 14.6. The molecule has 0 saturated carbocycles. The van der Waals surface area contributed by atoms with Gasteiger partial charge in [-0.2, -0.15) is 0 Å². The van der Waals surface area contributed by atoms with Crippen LogP contribution in [-0.2, 0) is 0 Å². The van der Waals surface area contributed by atoms with Crippen molar-refractivity contribution in [3.63, 3.8) is 0 Å². The van der Waals surface area contributed by atoms with E-state index in [2.05, 4.69) is 44.2 Å². The molecule has 0 rings (SSSR count). The molecule has 0 spiro atoms. The van der Waals surface area contributed by atoms with Crippen molar-refractivity contribution >= 4 is 0 Å². The van der Waals surface area contributed by atoms with Gasteiger partial charge < -0.3 is 10.6 Å². The van der Waals surface area contributed by atoms with Gasteiger partial charge in [0, 0.05) is 18.8 Å². The highest BCUT2D eigenvalue weighted by atomic mass is 14.9. The van der Waals surface area contributed by atoms with Crippen LogP contribution in [0.5, 0.6) is 0 Å². The van der Waals surface area contributed by atoms with E-state index in [4.69, 9.17) is 0 Å². The predicted octanol–water partition coefficient (Wildman–Crippen LogP) is 3.80. The molecule has 0 aromatic heterocycles. The quantitative estimate of drug-likeness (QED) is 0.553. The topological polar surface area (TPSA) is 24.1 Å². The van der Waals surface area contributed by atoms with Crippen molar-refractivity contribution in [3.8, 4) is 0 Å². The van der Waals surface area contributed by atoms with E-state index < -0.39 is 0 Å². The SMILES string of the molecule is C=C/C=C(\C=C)C(C)NCC(CC)CCC(=C)NC. The van der Waals surface area contributed by atoms with Crippen LogP contribution in [-0.4, -0.2) is 19.6 Å². The van der Waals surface area contributed by atoms with Crippen molar-refractivity contribution in [3.05, 3.63) is 49.2 Å². The fourth-order valence-corrected chi connectivity index (χ4v) is 1.94. The van der Waals surface area contributed by atoms with E-state index in [0.29, 0.717) is 12.0 Å². The Balaban J connectivity index is 4.19. The Hall–Kier alpha value is -1.28. The minimum absolute atomic E-state index is 0.317. The first-order chi connectivity index (χ1) is 9.08. The second-order valence-corrected chi connectivity index (χ2v) is 4.90. The summed E-state index contributed by atoms with van der Waals surface area (Å²) >= 11 is 0. The molecule has 0 bridgehead atoms. The molecule has 0 aromatic carbocycles. The number of allylic oxidation sites excluding steroid dienone is 3.